The zero-order valence-corrected chi connectivity index (χ0v) is 10.3. The molecular formula is C11H19N3S. The van der Waals surface area contributed by atoms with E-state index in [1.165, 1.54) is 13.0 Å². The number of nitrogens with two attached hydrogens (primary N) is 1. The average Bonchev–Trinajstić information content (AvgIpc) is 2.72. The van der Waals surface area contributed by atoms with Crippen LogP contribution in [0.3, 0.4) is 0 Å². The van der Waals surface area contributed by atoms with E-state index in [1.54, 1.807) is 11.3 Å². The number of hydrogen-bond acceptors (Lipinski definition) is 4. The van der Waals surface area contributed by atoms with Crippen molar-refractivity contribution in [1.29, 1.82) is 0 Å². The highest BCUT2D eigenvalue weighted by molar-refractivity contribution is 7.09. The predicted octanol–water partition coefficient (Wildman–Crippen LogP) is 1.69. The van der Waals surface area contributed by atoms with Gasteiger partial charge in [-0.2, -0.15) is 0 Å². The SMILES string of the molecule is CC1CC1CN(C)Cc1csc(CN)n1. The summed E-state index contributed by atoms with van der Waals surface area (Å²) in [5, 5.41) is 3.16. The van der Waals surface area contributed by atoms with Gasteiger partial charge in [-0.3, -0.25) is 0 Å². The topological polar surface area (TPSA) is 42.1 Å². The Bertz CT molecular complexity index is 323. The van der Waals surface area contributed by atoms with Crippen LogP contribution in [0.4, 0.5) is 0 Å². The van der Waals surface area contributed by atoms with Gasteiger partial charge in [0.25, 0.3) is 0 Å². The van der Waals surface area contributed by atoms with Crippen LogP contribution in [0.15, 0.2) is 5.38 Å². The van der Waals surface area contributed by atoms with Crippen molar-refractivity contribution in [2.75, 3.05) is 13.6 Å². The third-order valence-electron chi connectivity index (χ3n) is 3.03. The molecule has 15 heavy (non-hydrogen) atoms. The minimum atomic E-state index is 0.564. The number of rotatable bonds is 5. The summed E-state index contributed by atoms with van der Waals surface area (Å²) in [6.07, 6.45) is 1.40. The Labute approximate surface area is 95.3 Å². The molecule has 0 saturated heterocycles. The smallest absolute Gasteiger partial charge is 0.106 e. The van der Waals surface area contributed by atoms with Gasteiger partial charge >= 0.3 is 0 Å². The van der Waals surface area contributed by atoms with Gasteiger partial charge in [0.15, 0.2) is 0 Å². The molecular weight excluding hydrogens is 206 g/mol. The Hall–Kier alpha value is -0.450. The lowest BCUT2D eigenvalue weighted by Crippen LogP contribution is -2.21. The summed E-state index contributed by atoms with van der Waals surface area (Å²) in [6, 6.07) is 0. The normalized spacial score (nSPS) is 24.8. The number of thiazole rings is 1. The highest BCUT2D eigenvalue weighted by atomic mass is 32.1. The maximum atomic E-state index is 5.54. The van der Waals surface area contributed by atoms with Gasteiger partial charge in [-0.25, -0.2) is 4.98 Å². The van der Waals surface area contributed by atoms with Gasteiger partial charge in [0, 0.05) is 25.0 Å². The second-order valence-corrected chi connectivity index (χ2v) is 5.55. The van der Waals surface area contributed by atoms with Crippen LogP contribution in [0.2, 0.25) is 0 Å². The first-order valence-corrected chi connectivity index (χ1v) is 6.39. The molecule has 0 spiro atoms. The second-order valence-electron chi connectivity index (χ2n) is 4.61. The van der Waals surface area contributed by atoms with Crippen LogP contribution < -0.4 is 5.73 Å². The lowest BCUT2D eigenvalue weighted by molar-refractivity contribution is 0.304. The standard InChI is InChI=1S/C11H19N3S/c1-8-3-9(8)5-14(2)6-10-7-15-11(4-12)13-10/h7-9H,3-6,12H2,1-2H3. The first-order valence-electron chi connectivity index (χ1n) is 5.51. The zero-order chi connectivity index (χ0) is 10.8. The molecule has 1 aliphatic carbocycles. The van der Waals surface area contributed by atoms with E-state index in [9.17, 15) is 0 Å². The molecule has 1 fully saturated rings. The van der Waals surface area contributed by atoms with Crippen LogP contribution >= 0.6 is 11.3 Å². The quantitative estimate of drug-likeness (QED) is 0.829. The monoisotopic (exact) mass is 225 g/mol. The molecule has 1 aliphatic rings. The number of nitrogens with zero attached hydrogens (tertiary/aromatic N) is 2. The second kappa shape index (κ2) is 4.60. The molecule has 2 N–H and O–H groups in total. The van der Waals surface area contributed by atoms with Crippen LogP contribution in [0, 0.1) is 11.8 Å². The number of hydrogen-bond donors (Lipinski definition) is 1. The van der Waals surface area contributed by atoms with Crippen molar-refractivity contribution in [1.82, 2.24) is 9.88 Å². The number of aromatic nitrogens is 1. The first kappa shape index (κ1) is 11.0. The Morgan fingerprint density at radius 3 is 2.93 bits per heavy atom. The van der Waals surface area contributed by atoms with E-state index >= 15 is 0 Å². The van der Waals surface area contributed by atoms with E-state index in [-0.39, 0.29) is 0 Å². The van der Waals surface area contributed by atoms with Crippen molar-refractivity contribution in [3.8, 4) is 0 Å². The minimum Gasteiger partial charge on any atom is -0.325 e. The average molecular weight is 225 g/mol. The fourth-order valence-electron chi connectivity index (χ4n) is 1.91. The molecule has 3 nitrogen and oxygen atoms in total. The molecule has 0 aliphatic heterocycles. The Kier molecular flexibility index (Phi) is 3.38. The molecule has 1 saturated carbocycles. The highest BCUT2D eigenvalue weighted by Gasteiger charge is 2.33. The van der Waals surface area contributed by atoms with Gasteiger partial charge in [-0.1, -0.05) is 6.92 Å². The summed E-state index contributed by atoms with van der Waals surface area (Å²) < 4.78 is 0. The highest BCUT2D eigenvalue weighted by Crippen LogP contribution is 2.38. The lowest BCUT2D eigenvalue weighted by Gasteiger charge is -2.14. The molecule has 84 valence electrons. The molecule has 0 bridgehead atoms. The van der Waals surface area contributed by atoms with Crippen LogP contribution in [-0.4, -0.2) is 23.5 Å². The van der Waals surface area contributed by atoms with Gasteiger partial charge in [0.2, 0.25) is 0 Å². The molecule has 4 heteroatoms. The van der Waals surface area contributed by atoms with E-state index in [1.807, 2.05) is 0 Å². The fraction of sp³-hybridized carbons (Fsp3) is 0.727. The third-order valence-corrected chi connectivity index (χ3v) is 3.95. The molecule has 1 aromatic heterocycles. The van der Waals surface area contributed by atoms with Crippen LogP contribution in [0.5, 0.6) is 0 Å². The minimum absolute atomic E-state index is 0.564. The van der Waals surface area contributed by atoms with Gasteiger partial charge in [0.1, 0.15) is 5.01 Å². The molecule has 1 heterocycles. The van der Waals surface area contributed by atoms with Crippen LogP contribution in [0.25, 0.3) is 0 Å². The van der Waals surface area contributed by atoms with Crippen molar-refractivity contribution < 1.29 is 0 Å². The predicted molar refractivity (Wildman–Crippen MR) is 63.6 cm³/mol. The Morgan fingerprint density at radius 1 is 1.67 bits per heavy atom. The molecule has 2 atom stereocenters. The molecule has 1 aromatic rings. The van der Waals surface area contributed by atoms with E-state index in [0.717, 1.165) is 29.1 Å². The van der Waals surface area contributed by atoms with Gasteiger partial charge in [0.05, 0.1) is 5.69 Å². The summed E-state index contributed by atoms with van der Waals surface area (Å²) >= 11 is 1.66. The lowest BCUT2D eigenvalue weighted by atomic mass is 10.3. The first-order chi connectivity index (χ1) is 7.19. The van der Waals surface area contributed by atoms with E-state index < -0.39 is 0 Å². The van der Waals surface area contributed by atoms with Crippen LogP contribution in [0.1, 0.15) is 24.0 Å². The van der Waals surface area contributed by atoms with Gasteiger partial charge < -0.3 is 10.6 Å². The molecule has 0 amide bonds. The molecule has 0 radical (unpaired) electrons. The molecule has 2 rings (SSSR count). The summed E-state index contributed by atoms with van der Waals surface area (Å²) in [6.45, 7) is 5.05. The summed E-state index contributed by atoms with van der Waals surface area (Å²) in [4.78, 5) is 6.83. The third kappa shape index (κ3) is 3.00. The summed E-state index contributed by atoms with van der Waals surface area (Å²) in [7, 11) is 2.17. The Morgan fingerprint density at radius 2 is 2.40 bits per heavy atom. The largest absolute Gasteiger partial charge is 0.325 e. The van der Waals surface area contributed by atoms with E-state index in [2.05, 4.69) is 29.2 Å². The van der Waals surface area contributed by atoms with E-state index in [0.29, 0.717) is 6.54 Å². The summed E-state index contributed by atoms with van der Waals surface area (Å²) in [5.41, 5.74) is 6.70. The maximum Gasteiger partial charge on any atom is 0.106 e. The van der Waals surface area contributed by atoms with Crippen molar-refractivity contribution in [2.24, 2.45) is 17.6 Å². The van der Waals surface area contributed by atoms with Crippen molar-refractivity contribution in [2.45, 2.75) is 26.4 Å². The Balaban J connectivity index is 1.80. The summed E-state index contributed by atoms with van der Waals surface area (Å²) in [5.74, 6) is 1.85. The van der Waals surface area contributed by atoms with Crippen molar-refractivity contribution in [3.05, 3.63) is 16.1 Å². The maximum absolute atomic E-state index is 5.54. The molecule has 0 aromatic carbocycles. The van der Waals surface area contributed by atoms with Crippen LogP contribution in [-0.2, 0) is 13.1 Å². The molecule has 2 unspecified atom stereocenters. The zero-order valence-electron chi connectivity index (χ0n) is 9.44. The fourth-order valence-corrected chi connectivity index (χ4v) is 2.58. The van der Waals surface area contributed by atoms with Gasteiger partial charge in [-0.15, -0.1) is 11.3 Å². The van der Waals surface area contributed by atoms with Crippen molar-refractivity contribution in [3.63, 3.8) is 0 Å². The van der Waals surface area contributed by atoms with Gasteiger partial charge in [-0.05, 0) is 25.3 Å². The van der Waals surface area contributed by atoms with E-state index in [4.69, 9.17) is 5.73 Å². The van der Waals surface area contributed by atoms with Crippen molar-refractivity contribution >= 4 is 11.3 Å².